The molecular weight excluding hydrogens is 283 g/mol. The number of hydrogen-bond acceptors (Lipinski definition) is 4. The van der Waals surface area contributed by atoms with Gasteiger partial charge in [0.2, 0.25) is 5.91 Å². The van der Waals surface area contributed by atoms with Crippen LogP contribution < -0.4 is 10.6 Å². The van der Waals surface area contributed by atoms with Crippen molar-refractivity contribution in [2.24, 2.45) is 11.1 Å². The maximum Gasteiger partial charge on any atom is 0.219 e. The van der Waals surface area contributed by atoms with Gasteiger partial charge in [0.05, 0.1) is 5.52 Å². The molecule has 2 aromatic rings. The van der Waals surface area contributed by atoms with E-state index in [0.717, 1.165) is 13.0 Å². The molecule has 22 heavy (non-hydrogen) atoms. The second-order valence-electron chi connectivity index (χ2n) is 6.68. The number of amides is 1. The van der Waals surface area contributed by atoms with Crippen molar-refractivity contribution in [3.8, 4) is 0 Å². The van der Waals surface area contributed by atoms with Gasteiger partial charge < -0.3 is 10.6 Å². The molecule has 0 bridgehead atoms. The number of carbonyl (C=O) groups is 1. The van der Waals surface area contributed by atoms with Crippen molar-refractivity contribution in [2.75, 3.05) is 11.4 Å². The summed E-state index contributed by atoms with van der Waals surface area (Å²) in [6.45, 7) is 5.03. The lowest BCUT2D eigenvalue weighted by Gasteiger charge is -2.26. The van der Waals surface area contributed by atoms with Crippen molar-refractivity contribution >= 4 is 22.6 Å². The van der Waals surface area contributed by atoms with Gasteiger partial charge in [-0.15, -0.1) is 0 Å². The molecule has 6 heteroatoms. The van der Waals surface area contributed by atoms with Crippen molar-refractivity contribution in [1.29, 1.82) is 0 Å². The Balaban J connectivity index is 2.08. The zero-order valence-corrected chi connectivity index (χ0v) is 12.7. The summed E-state index contributed by atoms with van der Waals surface area (Å²) in [5.41, 5.74) is 6.11. The fourth-order valence-corrected chi connectivity index (χ4v) is 3.31. The Hall–Kier alpha value is -2.24. The molecule has 5 nitrogen and oxygen atoms in total. The second-order valence-corrected chi connectivity index (χ2v) is 6.68. The molecule has 1 atom stereocenters. The third-order valence-corrected chi connectivity index (χ3v) is 4.11. The lowest BCUT2D eigenvalue weighted by molar-refractivity contribution is -0.118. The molecule has 116 valence electrons. The Morgan fingerprint density at radius 2 is 2.23 bits per heavy atom. The molecule has 1 unspecified atom stereocenters. The van der Waals surface area contributed by atoms with Crippen LogP contribution in [0.5, 0.6) is 0 Å². The van der Waals surface area contributed by atoms with Crippen LogP contribution in [0.25, 0.3) is 10.9 Å². The first-order valence-corrected chi connectivity index (χ1v) is 7.31. The van der Waals surface area contributed by atoms with Crippen LogP contribution in [0, 0.1) is 11.2 Å². The molecular formula is C16H19FN4O. The van der Waals surface area contributed by atoms with Crippen molar-refractivity contribution < 1.29 is 9.18 Å². The van der Waals surface area contributed by atoms with E-state index in [1.807, 2.05) is 0 Å². The molecule has 1 aliphatic heterocycles. The molecule has 1 fully saturated rings. The van der Waals surface area contributed by atoms with Crippen molar-refractivity contribution in [3.63, 3.8) is 0 Å². The van der Waals surface area contributed by atoms with Gasteiger partial charge in [-0.2, -0.15) is 0 Å². The maximum atomic E-state index is 13.6. The molecule has 2 N–H and O–H groups in total. The maximum absolute atomic E-state index is 13.6. The van der Waals surface area contributed by atoms with E-state index in [0.29, 0.717) is 16.7 Å². The predicted molar refractivity (Wildman–Crippen MR) is 82.8 cm³/mol. The Kier molecular flexibility index (Phi) is 3.47. The number of hydrogen-bond donors (Lipinski definition) is 1. The first-order chi connectivity index (χ1) is 10.4. The van der Waals surface area contributed by atoms with Gasteiger partial charge in [-0.3, -0.25) is 4.79 Å². The van der Waals surface area contributed by atoms with Gasteiger partial charge in [-0.05, 0) is 30.0 Å². The second kappa shape index (κ2) is 5.19. The number of anilines is 1. The van der Waals surface area contributed by atoms with E-state index in [9.17, 15) is 9.18 Å². The lowest BCUT2D eigenvalue weighted by Crippen LogP contribution is -2.34. The Morgan fingerprint density at radius 3 is 2.95 bits per heavy atom. The number of primary amides is 1. The first kappa shape index (κ1) is 14.7. The van der Waals surface area contributed by atoms with E-state index >= 15 is 0 Å². The highest BCUT2D eigenvalue weighted by molar-refractivity contribution is 5.90. The number of carbonyl (C=O) groups excluding carboxylic acids is 1. The summed E-state index contributed by atoms with van der Waals surface area (Å²) in [7, 11) is 0. The minimum atomic E-state index is -0.336. The highest BCUT2D eigenvalue weighted by atomic mass is 19.1. The molecule has 0 saturated carbocycles. The summed E-state index contributed by atoms with van der Waals surface area (Å²) in [6, 6.07) is 4.44. The normalized spacial score (nSPS) is 20.5. The van der Waals surface area contributed by atoms with Crippen LogP contribution >= 0.6 is 0 Å². The average molecular weight is 302 g/mol. The van der Waals surface area contributed by atoms with Gasteiger partial charge in [-0.25, -0.2) is 14.4 Å². The van der Waals surface area contributed by atoms with E-state index in [4.69, 9.17) is 5.73 Å². The molecule has 1 aromatic carbocycles. The monoisotopic (exact) mass is 302 g/mol. The topological polar surface area (TPSA) is 72.1 Å². The minimum Gasteiger partial charge on any atom is -0.370 e. The standard InChI is InChI=1S/C16H19FN4O/c1-16(2)7-11(6-14(18)22)21(8-16)15-12-5-10(17)3-4-13(12)19-9-20-15/h3-5,9,11H,6-8H2,1-2H3,(H2,18,22). The van der Waals surface area contributed by atoms with E-state index in [1.54, 1.807) is 6.07 Å². The van der Waals surface area contributed by atoms with Crippen LogP contribution in [0.3, 0.4) is 0 Å². The van der Waals surface area contributed by atoms with Crippen LogP contribution in [0.2, 0.25) is 0 Å². The molecule has 0 aliphatic carbocycles. The summed E-state index contributed by atoms with van der Waals surface area (Å²) < 4.78 is 13.6. The zero-order valence-electron chi connectivity index (χ0n) is 12.7. The van der Waals surface area contributed by atoms with E-state index in [2.05, 4.69) is 28.7 Å². The van der Waals surface area contributed by atoms with Gasteiger partial charge in [0.25, 0.3) is 0 Å². The summed E-state index contributed by atoms with van der Waals surface area (Å²) in [6.07, 6.45) is 2.59. The molecule has 0 spiro atoms. The molecule has 2 heterocycles. The number of rotatable bonds is 3. The first-order valence-electron chi connectivity index (χ1n) is 7.31. The molecule has 1 amide bonds. The van der Waals surface area contributed by atoms with Gasteiger partial charge in [0.15, 0.2) is 0 Å². The summed E-state index contributed by atoms with van der Waals surface area (Å²) in [4.78, 5) is 22.0. The highest BCUT2D eigenvalue weighted by Gasteiger charge is 2.39. The largest absolute Gasteiger partial charge is 0.370 e. The smallest absolute Gasteiger partial charge is 0.219 e. The molecule has 1 saturated heterocycles. The van der Waals surface area contributed by atoms with Crippen molar-refractivity contribution in [2.45, 2.75) is 32.7 Å². The third-order valence-electron chi connectivity index (χ3n) is 4.11. The van der Waals surface area contributed by atoms with E-state index in [1.165, 1.54) is 18.5 Å². The molecule has 0 radical (unpaired) electrons. The number of nitrogens with two attached hydrogens (primary N) is 1. The number of halogens is 1. The summed E-state index contributed by atoms with van der Waals surface area (Å²) in [5.74, 6) is 0.00651. The Labute approximate surface area is 128 Å². The molecule has 3 rings (SSSR count). The van der Waals surface area contributed by atoms with Crippen LogP contribution in [0.15, 0.2) is 24.5 Å². The van der Waals surface area contributed by atoms with Crippen LogP contribution in [-0.4, -0.2) is 28.5 Å². The number of nitrogens with zero attached hydrogens (tertiary/aromatic N) is 3. The summed E-state index contributed by atoms with van der Waals surface area (Å²) >= 11 is 0. The van der Waals surface area contributed by atoms with E-state index in [-0.39, 0.29) is 29.6 Å². The van der Waals surface area contributed by atoms with Gasteiger partial charge in [0, 0.05) is 24.4 Å². The van der Waals surface area contributed by atoms with Gasteiger partial charge >= 0.3 is 0 Å². The van der Waals surface area contributed by atoms with Crippen LogP contribution in [-0.2, 0) is 4.79 Å². The quantitative estimate of drug-likeness (QED) is 0.944. The van der Waals surface area contributed by atoms with Crippen molar-refractivity contribution in [1.82, 2.24) is 9.97 Å². The molecule has 1 aromatic heterocycles. The van der Waals surface area contributed by atoms with Crippen molar-refractivity contribution in [3.05, 3.63) is 30.3 Å². The number of benzene rings is 1. The fourth-order valence-electron chi connectivity index (χ4n) is 3.31. The van der Waals surface area contributed by atoms with Crippen LogP contribution in [0.1, 0.15) is 26.7 Å². The third kappa shape index (κ3) is 2.73. The summed E-state index contributed by atoms with van der Waals surface area (Å²) in [5, 5.41) is 0.662. The number of aromatic nitrogens is 2. The zero-order chi connectivity index (χ0) is 15.9. The molecule has 1 aliphatic rings. The fraction of sp³-hybridized carbons (Fsp3) is 0.438. The van der Waals surface area contributed by atoms with Gasteiger partial charge in [-0.1, -0.05) is 13.8 Å². The highest BCUT2D eigenvalue weighted by Crippen LogP contribution is 2.39. The minimum absolute atomic E-state index is 0.0196. The average Bonchev–Trinajstić information content (AvgIpc) is 2.72. The SMILES string of the molecule is CC1(C)CC(CC(N)=O)N(c2ncnc3ccc(F)cc23)C1. The Bertz CT molecular complexity index is 731. The van der Waals surface area contributed by atoms with Crippen LogP contribution in [0.4, 0.5) is 10.2 Å². The lowest BCUT2D eigenvalue weighted by atomic mass is 9.90. The predicted octanol–water partition coefficient (Wildman–Crippen LogP) is 2.25. The van der Waals surface area contributed by atoms with Gasteiger partial charge in [0.1, 0.15) is 18.0 Å². The van der Waals surface area contributed by atoms with E-state index < -0.39 is 0 Å². The number of fused-ring (bicyclic) bond motifs is 1. The Morgan fingerprint density at radius 1 is 1.45 bits per heavy atom.